The van der Waals surface area contributed by atoms with E-state index >= 15 is 0 Å². The maximum atomic E-state index is 12.4. The van der Waals surface area contributed by atoms with Crippen molar-refractivity contribution in [3.63, 3.8) is 0 Å². The molecule has 0 atom stereocenters. The van der Waals surface area contributed by atoms with Gasteiger partial charge in [0.15, 0.2) is 0 Å². The number of nitrogens with zero attached hydrogens (tertiary/aromatic N) is 2. The first kappa shape index (κ1) is 14.4. The zero-order valence-corrected chi connectivity index (χ0v) is 12.4. The van der Waals surface area contributed by atoms with Crippen molar-refractivity contribution in [1.29, 1.82) is 0 Å². The number of hydrogen-bond donors (Lipinski definition) is 1. The highest BCUT2D eigenvalue weighted by atomic mass is 16.2. The zero-order valence-electron chi connectivity index (χ0n) is 12.4. The average molecular weight is 293 g/mol. The Hall–Kier alpha value is -1.59. The van der Waals surface area contributed by atoms with Gasteiger partial charge in [-0.2, -0.15) is 0 Å². The molecule has 3 fully saturated rings. The fourth-order valence-electron chi connectivity index (χ4n) is 3.71. The molecule has 4 amide bonds. The summed E-state index contributed by atoms with van der Waals surface area (Å²) in [5, 5.41) is 2.84. The lowest BCUT2D eigenvalue weighted by Gasteiger charge is -2.27. The third-order valence-corrected chi connectivity index (χ3v) is 4.96. The van der Waals surface area contributed by atoms with Crippen LogP contribution in [0.15, 0.2) is 0 Å². The van der Waals surface area contributed by atoms with Crippen LogP contribution in [0.5, 0.6) is 0 Å². The predicted molar refractivity (Wildman–Crippen MR) is 76.5 cm³/mol. The molecule has 2 saturated heterocycles. The number of rotatable bonds is 3. The number of carbonyl (C=O) groups excluding carboxylic acids is 3. The van der Waals surface area contributed by atoms with E-state index in [9.17, 15) is 14.4 Å². The molecule has 0 bridgehead atoms. The third kappa shape index (κ3) is 2.63. The van der Waals surface area contributed by atoms with Crippen molar-refractivity contribution < 1.29 is 14.4 Å². The van der Waals surface area contributed by atoms with E-state index in [4.69, 9.17) is 0 Å². The van der Waals surface area contributed by atoms with E-state index < -0.39 is 5.54 Å². The minimum absolute atomic E-state index is 0.0580. The number of carbonyl (C=O) groups is 3. The van der Waals surface area contributed by atoms with Gasteiger partial charge in [-0.3, -0.25) is 14.5 Å². The first-order valence-electron chi connectivity index (χ1n) is 8.04. The SMILES string of the molecule is O=C(CCN1C(=O)NC2(CCCC2)C1=O)N1CCCCC1. The van der Waals surface area contributed by atoms with Crippen LogP contribution < -0.4 is 5.32 Å². The van der Waals surface area contributed by atoms with E-state index in [0.717, 1.165) is 51.6 Å². The number of amides is 4. The highest BCUT2D eigenvalue weighted by Crippen LogP contribution is 2.35. The Morgan fingerprint density at radius 1 is 1.05 bits per heavy atom. The fraction of sp³-hybridized carbons (Fsp3) is 0.800. The quantitative estimate of drug-likeness (QED) is 0.796. The van der Waals surface area contributed by atoms with Gasteiger partial charge < -0.3 is 10.2 Å². The molecule has 1 N–H and O–H groups in total. The Labute approximate surface area is 124 Å². The minimum atomic E-state index is -0.661. The Bertz CT molecular complexity index is 451. The van der Waals surface area contributed by atoms with Crippen molar-refractivity contribution in [2.75, 3.05) is 19.6 Å². The van der Waals surface area contributed by atoms with Crippen molar-refractivity contribution in [1.82, 2.24) is 15.1 Å². The molecule has 6 nitrogen and oxygen atoms in total. The smallest absolute Gasteiger partial charge is 0.325 e. The van der Waals surface area contributed by atoms with Gasteiger partial charge in [-0.15, -0.1) is 0 Å². The Balaban J connectivity index is 1.56. The summed E-state index contributed by atoms with van der Waals surface area (Å²) in [7, 11) is 0. The Morgan fingerprint density at radius 3 is 2.38 bits per heavy atom. The molecule has 0 radical (unpaired) electrons. The maximum absolute atomic E-state index is 12.4. The van der Waals surface area contributed by atoms with Gasteiger partial charge in [0.2, 0.25) is 5.91 Å². The molecule has 0 aromatic rings. The topological polar surface area (TPSA) is 69.7 Å². The first-order valence-corrected chi connectivity index (χ1v) is 8.04. The number of urea groups is 1. The summed E-state index contributed by atoms with van der Waals surface area (Å²) in [5.74, 6) is -0.0703. The number of nitrogens with one attached hydrogen (secondary N) is 1. The lowest BCUT2D eigenvalue weighted by molar-refractivity contribution is -0.134. The molecule has 116 valence electrons. The van der Waals surface area contributed by atoms with Crippen LogP contribution in [-0.4, -0.2) is 52.8 Å². The van der Waals surface area contributed by atoms with E-state index in [0.29, 0.717) is 0 Å². The van der Waals surface area contributed by atoms with Crippen LogP contribution >= 0.6 is 0 Å². The van der Waals surface area contributed by atoms with Crippen LogP contribution in [0.2, 0.25) is 0 Å². The molecule has 1 aliphatic carbocycles. The lowest BCUT2D eigenvalue weighted by atomic mass is 9.98. The summed E-state index contributed by atoms with van der Waals surface area (Å²) in [4.78, 5) is 39.7. The predicted octanol–water partition coefficient (Wildman–Crippen LogP) is 1.25. The molecule has 2 aliphatic heterocycles. The molecular weight excluding hydrogens is 270 g/mol. The van der Waals surface area contributed by atoms with E-state index in [2.05, 4.69) is 5.32 Å². The number of hydrogen-bond acceptors (Lipinski definition) is 3. The van der Waals surface area contributed by atoms with E-state index in [1.165, 1.54) is 11.3 Å². The Morgan fingerprint density at radius 2 is 1.71 bits per heavy atom. The maximum Gasteiger partial charge on any atom is 0.325 e. The van der Waals surface area contributed by atoms with Crippen molar-refractivity contribution >= 4 is 17.8 Å². The van der Waals surface area contributed by atoms with Crippen LogP contribution in [0.3, 0.4) is 0 Å². The molecule has 0 unspecified atom stereocenters. The first-order chi connectivity index (χ1) is 10.1. The Kier molecular flexibility index (Phi) is 3.87. The third-order valence-electron chi connectivity index (χ3n) is 4.96. The van der Waals surface area contributed by atoms with Gasteiger partial charge >= 0.3 is 6.03 Å². The van der Waals surface area contributed by atoms with Crippen molar-refractivity contribution in [3.05, 3.63) is 0 Å². The van der Waals surface area contributed by atoms with Crippen LogP contribution in [0.25, 0.3) is 0 Å². The van der Waals surface area contributed by atoms with Gasteiger partial charge in [-0.25, -0.2) is 4.79 Å². The van der Waals surface area contributed by atoms with Crippen LogP contribution in [0.4, 0.5) is 4.79 Å². The van der Waals surface area contributed by atoms with Gasteiger partial charge in [0.25, 0.3) is 5.91 Å². The van der Waals surface area contributed by atoms with Gasteiger partial charge in [-0.1, -0.05) is 12.8 Å². The molecule has 0 aromatic heterocycles. The minimum Gasteiger partial charge on any atom is -0.343 e. The normalized spacial score (nSPS) is 24.8. The molecule has 6 heteroatoms. The van der Waals surface area contributed by atoms with E-state index in [-0.39, 0.29) is 30.8 Å². The summed E-state index contributed by atoms with van der Waals surface area (Å²) >= 11 is 0. The lowest BCUT2D eigenvalue weighted by Crippen LogP contribution is -2.44. The molecule has 0 aromatic carbocycles. The van der Waals surface area contributed by atoms with E-state index in [1.54, 1.807) is 0 Å². The molecular formula is C15H23N3O3. The highest BCUT2D eigenvalue weighted by Gasteiger charge is 2.52. The molecule has 2 heterocycles. The van der Waals surface area contributed by atoms with Crippen LogP contribution in [-0.2, 0) is 9.59 Å². The molecule has 1 saturated carbocycles. The fourth-order valence-corrected chi connectivity index (χ4v) is 3.71. The average Bonchev–Trinajstić information content (AvgIpc) is 3.05. The summed E-state index contributed by atoms with van der Waals surface area (Å²) in [6.45, 7) is 1.83. The number of piperidine rings is 1. The second-order valence-corrected chi connectivity index (χ2v) is 6.37. The summed E-state index contributed by atoms with van der Waals surface area (Å²) in [5.41, 5.74) is -0.661. The number of imide groups is 1. The van der Waals surface area contributed by atoms with Gasteiger partial charge in [-0.05, 0) is 32.1 Å². The largest absolute Gasteiger partial charge is 0.343 e. The summed E-state index contributed by atoms with van der Waals surface area (Å²) in [6, 6.07) is -0.326. The van der Waals surface area contributed by atoms with Crippen molar-refractivity contribution in [3.8, 4) is 0 Å². The van der Waals surface area contributed by atoms with Gasteiger partial charge in [0, 0.05) is 26.1 Å². The molecule has 21 heavy (non-hydrogen) atoms. The second kappa shape index (κ2) is 5.66. The standard InChI is InChI=1S/C15H23N3O3/c19-12(17-9-4-1-5-10-17)6-11-18-13(20)15(16-14(18)21)7-2-3-8-15/h1-11H2,(H,16,21). The number of likely N-dealkylation sites (tertiary alicyclic amines) is 1. The van der Waals surface area contributed by atoms with Crippen molar-refractivity contribution in [2.24, 2.45) is 0 Å². The monoisotopic (exact) mass is 293 g/mol. The molecule has 1 spiro atoms. The van der Waals surface area contributed by atoms with Gasteiger partial charge in [0.1, 0.15) is 5.54 Å². The zero-order chi connectivity index (χ0) is 14.9. The van der Waals surface area contributed by atoms with E-state index in [1.807, 2.05) is 4.90 Å². The van der Waals surface area contributed by atoms with Crippen LogP contribution in [0.1, 0.15) is 51.4 Å². The summed E-state index contributed by atoms with van der Waals surface area (Å²) in [6.07, 6.45) is 6.95. The second-order valence-electron chi connectivity index (χ2n) is 6.37. The molecule has 3 aliphatic rings. The van der Waals surface area contributed by atoms with Crippen molar-refractivity contribution in [2.45, 2.75) is 56.9 Å². The van der Waals surface area contributed by atoms with Gasteiger partial charge in [0.05, 0.1) is 0 Å². The summed E-state index contributed by atoms with van der Waals surface area (Å²) < 4.78 is 0. The highest BCUT2D eigenvalue weighted by molar-refractivity contribution is 6.07. The van der Waals surface area contributed by atoms with Crippen LogP contribution in [0, 0.1) is 0 Å². The molecule has 3 rings (SSSR count).